The van der Waals surface area contributed by atoms with Crippen molar-refractivity contribution in [3.8, 4) is 0 Å². The first-order valence-corrected chi connectivity index (χ1v) is 5.18. The van der Waals surface area contributed by atoms with Crippen LogP contribution in [0.1, 0.15) is 13.3 Å². The van der Waals surface area contributed by atoms with Crippen molar-refractivity contribution >= 4 is 5.84 Å². The molecule has 5 N–H and O–H groups in total. The lowest BCUT2D eigenvalue weighted by Gasteiger charge is -2.20. The number of aliphatic hydroxyl groups excluding tert-OH is 1. The molecule has 0 aromatic rings. The summed E-state index contributed by atoms with van der Waals surface area (Å²) >= 11 is 0. The second-order valence-electron chi connectivity index (χ2n) is 3.89. The lowest BCUT2D eigenvalue weighted by Crippen LogP contribution is -2.43. The van der Waals surface area contributed by atoms with Crippen LogP contribution >= 0.6 is 0 Å². The molecular weight excluding hydrogens is 239 g/mol. The van der Waals surface area contributed by atoms with Crippen molar-refractivity contribution in [2.75, 3.05) is 19.7 Å². The number of amidine groups is 1. The third-order valence-electron chi connectivity index (χ3n) is 2.33. The molecule has 0 aliphatic rings. The lowest BCUT2D eigenvalue weighted by atomic mass is 10.1. The maximum atomic E-state index is 12.5. The second-order valence-corrected chi connectivity index (χ2v) is 3.89. The Bertz CT molecular complexity index is 246. The predicted octanol–water partition coefficient (Wildman–Crippen LogP) is 0.519. The van der Waals surface area contributed by atoms with E-state index in [4.69, 9.17) is 16.0 Å². The molecule has 2 unspecified atom stereocenters. The Kier molecular flexibility index (Phi) is 6.89. The molecule has 0 radical (unpaired) electrons. The van der Waals surface area contributed by atoms with Gasteiger partial charge < -0.3 is 21.4 Å². The molecule has 0 rings (SSSR count). The molecule has 0 aromatic heterocycles. The van der Waals surface area contributed by atoms with Crippen molar-refractivity contribution in [1.29, 1.82) is 0 Å². The summed E-state index contributed by atoms with van der Waals surface area (Å²) < 4.78 is 37.4. The number of alkyl halides is 3. The molecule has 0 aromatic carbocycles. The Hall–Kier alpha value is -1.02. The molecule has 102 valence electrons. The van der Waals surface area contributed by atoms with Crippen LogP contribution in [0.15, 0.2) is 5.16 Å². The Morgan fingerprint density at radius 1 is 1.41 bits per heavy atom. The predicted molar refractivity (Wildman–Crippen MR) is 56.7 cm³/mol. The number of hydrogen-bond acceptors (Lipinski definition) is 4. The molecule has 0 saturated heterocycles. The molecule has 0 aliphatic carbocycles. The first-order valence-electron chi connectivity index (χ1n) is 5.18. The number of oxime groups is 1. The Balaban J connectivity index is 4.20. The molecule has 8 heteroatoms. The lowest BCUT2D eigenvalue weighted by molar-refractivity contribution is -0.155. The van der Waals surface area contributed by atoms with Crippen LogP contribution in [-0.4, -0.2) is 42.0 Å². The quantitative estimate of drug-likeness (QED) is 0.231. The fourth-order valence-electron chi connectivity index (χ4n) is 1.25. The van der Waals surface area contributed by atoms with E-state index in [1.807, 2.05) is 0 Å². The van der Waals surface area contributed by atoms with E-state index in [0.29, 0.717) is 13.0 Å². The molecule has 0 saturated carbocycles. The fourth-order valence-corrected chi connectivity index (χ4v) is 1.25. The summed E-state index contributed by atoms with van der Waals surface area (Å²) in [5.74, 6) is -2.81. The van der Waals surface area contributed by atoms with E-state index in [1.165, 1.54) is 0 Å². The number of rotatable bonds is 7. The van der Waals surface area contributed by atoms with Crippen molar-refractivity contribution in [3.63, 3.8) is 0 Å². The van der Waals surface area contributed by atoms with Crippen LogP contribution in [0.4, 0.5) is 13.2 Å². The van der Waals surface area contributed by atoms with Gasteiger partial charge in [-0.2, -0.15) is 13.2 Å². The number of aliphatic hydroxyl groups is 1. The number of hydrogen-bond donors (Lipinski definition) is 4. The first-order chi connectivity index (χ1) is 7.82. The zero-order chi connectivity index (χ0) is 13.5. The topological polar surface area (TPSA) is 90.9 Å². The Morgan fingerprint density at radius 3 is 2.41 bits per heavy atom. The van der Waals surface area contributed by atoms with Crippen LogP contribution in [0.5, 0.6) is 0 Å². The van der Waals surface area contributed by atoms with E-state index < -0.39 is 24.5 Å². The number of nitrogens with two attached hydrogens (primary N) is 1. The van der Waals surface area contributed by atoms with Crippen LogP contribution in [-0.2, 0) is 0 Å². The van der Waals surface area contributed by atoms with Crippen molar-refractivity contribution in [2.24, 2.45) is 22.7 Å². The SMILES string of the molecule is CC(CCO)CNCC(C(N)=NO)C(F)(F)F. The van der Waals surface area contributed by atoms with Crippen LogP contribution in [0.3, 0.4) is 0 Å². The zero-order valence-electron chi connectivity index (χ0n) is 9.54. The molecular formula is C9H18F3N3O2. The normalized spacial score (nSPS) is 16.9. The Labute approximate surface area is 97.5 Å². The summed E-state index contributed by atoms with van der Waals surface area (Å²) in [5, 5.41) is 21.9. The van der Waals surface area contributed by atoms with Gasteiger partial charge in [-0.1, -0.05) is 12.1 Å². The summed E-state index contributed by atoms with van der Waals surface area (Å²) in [6.45, 7) is 1.67. The molecule has 0 amide bonds. The van der Waals surface area contributed by atoms with Gasteiger partial charge in [0.1, 0.15) is 5.92 Å². The fraction of sp³-hybridized carbons (Fsp3) is 0.889. The molecule has 0 heterocycles. The van der Waals surface area contributed by atoms with Crippen molar-refractivity contribution in [1.82, 2.24) is 5.32 Å². The standard InChI is InChI=1S/C9H18F3N3O2/c1-6(2-3-16)4-14-5-7(8(13)15-17)9(10,11)12/h6-7,14,16-17H,2-5H2,1H3,(H2,13,15). The van der Waals surface area contributed by atoms with E-state index >= 15 is 0 Å². The van der Waals surface area contributed by atoms with Gasteiger partial charge in [-0.25, -0.2) is 0 Å². The number of nitrogens with one attached hydrogen (secondary N) is 1. The van der Waals surface area contributed by atoms with Crippen LogP contribution in [0.2, 0.25) is 0 Å². The first kappa shape index (κ1) is 16.0. The summed E-state index contributed by atoms with van der Waals surface area (Å²) in [6.07, 6.45) is -4.04. The minimum atomic E-state index is -4.55. The maximum absolute atomic E-state index is 12.5. The highest BCUT2D eigenvalue weighted by atomic mass is 19.4. The van der Waals surface area contributed by atoms with Gasteiger partial charge in [-0.3, -0.25) is 0 Å². The molecule has 0 bridgehead atoms. The van der Waals surface area contributed by atoms with Crippen LogP contribution in [0, 0.1) is 11.8 Å². The number of halogens is 3. The zero-order valence-corrected chi connectivity index (χ0v) is 9.54. The van der Waals surface area contributed by atoms with Gasteiger partial charge in [0.05, 0.1) is 0 Å². The van der Waals surface area contributed by atoms with E-state index in [0.717, 1.165) is 0 Å². The average molecular weight is 257 g/mol. The summed E-state index contributed by atoms with van der Waals surface area (Å²) in [5.41, 5.74) is 4.98. The molecule has 0 fully saturated rings. The van der Waals surface area contributed by atoms with Crippen LogP contribution < -0.4 is 11.1 Å². The summed E-state index contributed by atoms with van der Waals surface area (Å²) in [6, 6.07) is 0. The summed E-state index contributed by atoms with van der Waals surface area (Å²) in [7, 11) is 0. The van der Waals surface area contributed by atoms with Crippen molar-refractivity contribution in [3.05, 3.63) is 0 Å². The van der Waals surface area contributed by atoms with Gasteiger partial charge >= 0.3 is 6.18 Å². The highest BCUT2D eigenvalue weighted by molar-refractivity contribution is 5.83. The van der Waals surface area contributed by atoms with Crippen LogP contribution in [0.25, 0.3) is 0 Å². The molecule has 17 heavy (non-hydrogen) atoms. The second kappa shape index (κ2) is 7.33. The van der Waals surface area contributed by atoms with Gasteiger partial charge in [0.15, 0.2) is 5.84 Å². The average Bonchev–Trinajstić information content (AvgIpc) is 2.22. The van der Waals surface area contributed by atoms with E-state index in [2.05, 4.69) is 10.5 Å². The smallest absolute Gasteiger partial charge is 0.400 e. The molecule has 2 atom stereocenters. The minimum absolute atomic E-state index is 0.00815. The van der Waals surface area contributed by atoms with Gasteiger partial charge in [0.2, 0.25) is 0 Å². The van der Waals surface area contributed by atoms with E-state index in [9.17, 15) is 13.2 Å². The summed E-state index contributed by atoms with van der Waals surface area (Å²) in [4.78, 5) is 0. The highest BCUT2D eigenvalue weighted by Gasteiger charge is 2.42. The van der Waals surface area contributed by atoms with Crippen molar-refractivity contribution in [2.45, 2.75) is 19.5 Å². The highest BCUT2D eigenvalue weighted by Crippen LogP contribution is 2.25. The van der Waals surface area contributed by atoms with E-state index in [-0.39, 0.29) is 12.5 Å². The molecule has 0 spiro atoms. The van der Waals surface area contributed by atoms with Gasteiger partial charge in [-0.05, 0) is 18.9 Å². The third kappa shape index (κ3) is 6.32. The molecule has 5 nitrogen and oxygen atoms in total. The molecule has 0 aliphatic heterocycles. The minimum Gasteiger partial charge on any atom is -0.409 e. The third-order valence-corrected chi connectivity index (χ3v) is 2.33. The van der Waals surface area contributed by atoms with E-state index in [1.54, 1.807) is 6.92 Å². The van der Waals surface area contributed by atoms with Gasteiger partial charge in [0.25, 0.3) is 0 Å². The Morgan fingerprint density at radius 2 is 2.00 bits per heavy atom. The monoisotopic (exact) mass is 257 g/mol. The van der Waals surface area contributed by atoms with Crippen molar-refractivity contribution < 1.29 is 23.5 Å². The maximum Gasteiger partial charge on any atom is 0.400 e. The largest absolute Gasteiger partial charge is 0.409 e. The van der Waals surface area contributed by atoms with Gasteiger partial charge in [0, 0.05) is 13.2 Å². The van der Waals surface area contributed by atoms with Gasteiger partial charge in [-0.15, -0.1) is 0 Å². The number of nitrogens with zero attached hydrogens (tertiary/aromatic N) is 1.